The first-order valence-electron chi connectivity index (χ1n) is 9.42. The molecule has 0 N–H and O–H groups in total. The molecule has 2 heterocycles. The summed E-state index contributed by atoms with van der Waals surface area (Å²) >= 11 is 0. The van der Waals surface area contributed by atoms with E-state index in [0.717, 1.165) is 15.8 Å². The average molecular weight is 423 g/mol. The minimum absolute atomic E-state index is 0.142. The van der Waals surface area contributed by atoms with Gasteiger partial charge >= 0.3 is 0 Å². The number of carbonyl (C=O) groups is 1. The summed E-state index contributed by atoms with van der Waals surface area (Å²) in [5.74, 6) is -0.231. The van der Waals surface area contributed by atoms with Crippen molar-refractivity contribution in [1.82, 2.24) is 14.5 Å². The van der Waals surface area contributed by atoms with Crippen LogP contribution in [0.2, 0.25) is 0 Å². The molecule has 7 nitrogen and oxygen atoms in total. The highest BCUT2D eigenvalue weighted by Gasteiger charge is 2.20. The van der Waals surface area contributed by atoms with Crippen LogP contribution in [0.25, 0.3) is 22.1 Å². The van der Waals surface area contributed by atoms with Gasteiger partial charge in [-0.3, -0.25) is 18.4 Å². The van der Waals surface area contributed by atoms with E-state index in [9.17, 15) is 13.8 Å². The van der Waals surface area contributed by atoms with Crippen LogP contribution in [0.4, 0.5) is 0 Å². The van der Waals surface area contributed by atoms with Gasteiger partial charge in [-0.1, -0.05) is 24.3 Å². The van der Waals surface area contributed by atoms with Crippen LogP contribution in [0.5, 0.6) is 0 Å². The van der Waals surface area contributed by atoms with Gasteiger partial charge in [0.2, 0.25) is 11.5 Å². The molecule has 0 saturated heterocycles. The van der Waals surface area contributed by atoms with Gasteiger partial charge in [0.05, 0.1) is 12.4 Å². The molecule has 2 aromatic carbocycles. The zero-order valence-corrected chi connectivity index (χ0v) is 17.7. The van der Waals surface area contributed by atoms with Gasteiger partial charge in [-0.15, -0.1) is 0 Å². The molecule has 8 heteroatoms. The molecule has 2 atom stereocenters. The molecule has 0 spiro atoms. The first kappa shape index (κ1) is 20.0. The summed E-state index contributed by atoms with van der Waals surface area (Å²) < 4.78 is 18.5. The Morgan fingerprint density at radius 1 is 1.20 bits per heavy atom. The summed E-state index contributed by atoms with van der Waals surface area (Å²) in [7, 11) is 0.640. The Morgan fingerprint density at radius 3 is 2.60 bits per heavy atom. The van der Waals surface area contributed by atoms with Gasteiger partial charge in [0.15, 0.2) is 0 Å². The first-order chi connectivity index (χ1) is 14.4. The van der Waals surface area contributed by atoms with Crippen molar-refractivity contribution in [3.8, 4) is 0 Å². The molecule has 0 aliphatic heterocycles. The number of benzene rings is 2. The van der Waals surface area contributed by atoms with Crippen LogP contribution in [0.1, 0.15) is 18.5 Å². The van der Waals surface area contributed by atoms with E-state index >= 15 is 0 Å². The number of nitrogens with zero attached hydrogens (tertiary/aromatic N) is 3. The minimum atomic E-state index is -1.05. The molecule has 0 unspecified atom stereocenters. The largest absolute Gasteiger partial charge is 0.448 e. The van der Waals surface area contributed by atoms with E-state index < -0.39 is 10.8 Å². The third kappa shape index (κ3) is 3.54. The number of furan rings is 1. The van der Waals surface area contributed by atoms with Crippen LogP contribution < -0.4 is 5.56 Å². The summed E-state index contributed by atoms with van der Waals surface area (Å²) in [6.45, 7) is 1.76. The SMILES string of the molecule is C[C@@H](c1ccc([S@](C)=O)cc1)N(C)C(=O)Cn1cnc2c(oc3ccccc32)c1=O. The summed E-state index contributed by atoms with van der Waals surface area (Å²) in [5, 5.41) is 0.769. The molecule has 0 aliphatic rings. The number of carbonyl (C=O) groups excluding carboxylic acids is 1. The lowest BCUT2D eigenvalue weighted by Gasteiger charge is -2.25. The number of hydrogen-bond acceptors (Lipinski definition) is 5. The van der Waals surface area contributed by atoms with Crippen LogP contribution in [0.3, 0.4) is 0 Å². The second kappa shape index (κ2) is 7.87. The van der Waals surface area contributed by atoms with Crippen molar-refractivity contribution in [3.63, 3.8) is 0 Å². The Kier molecular flexibility index (Phi) is 5.26. The van der Waals surface area contributed by atoms with Gasteiger partial charge in [0.1, 0.15) is 17.6 Å². The quantitative estimate of drug-likeness (QED) is 0.492. The topological polar surface area (TPSA) is 85.4 Å². The number of rotatable bonds is 5. The molecule has 154 valence electrons. The van der Waals surface area contributed by atoms with Crippen molar-refractivity contribution in [3.05, 3.63) is 70.8 Å². The predicted octanol–water partition coefficient (Wildman–Crippen LogP) is 3.10. The summed E-state index contributed by atoms with van der Waals surface area (Å²) in [4.78, 5) is 32.3. The van der Waals surface area contributed by atoms with Gasteiger partial charge in [0, 0.05) is 34.4 Å². The molecule has 30 heavy (non-hydrogen) atoms. The number of para-hydroxylation sites is 1. The number of hydrogen-bond donors (Lipinski definition) is 0. The summed E-state index contributed by atoms with van der Waals surface area (Å²) in [6.07, 6.45) is 3.01. The number of fused-ring (bicyclic) bond motifs is 3. The van der Waals surface area contributed by atoms with Crippen molar-refractivity contribution in [2.75, 3.05) is 13.3 Å². The zero-order valence-electron chi connectivity index (χ0n) is 16.9. The minimum Gasteiger partial charge on any atom is -0.448 e. The van der Waals surface area contributed by atoms with E-state index in [2.05, 4.69) is 4.98 Å². The van der Waals surface area contributed by atoms with Gasteiger partial charge in [-0.25, -0.2) is 4.98 Å². The van der Waals surface area contributed by atoms with Crippen molar-refractivity contribution in [2.45, 2.75) is 24.4 Å². The third-order valence-electron chi connectivity index (χ3n) is 5.32. The van der Waals surface area contributed by atoms with Gasteiger partial charge in [-0.05, 0) is 36.8 Å². The van der Waals surface area contributed by atoms with Crippen LogP contribution in [-0.2, 0) is 22.1 Å². The lowest BCUT2D eigenvalue weighted by molar-refractivity contribution is -0.132. The smallest absolute Gasteiger partial charge is 0.297 e. The Labute approximate surface area is 175 Å². The van der Waals surface area contributed by atoms with Gasteiger partial charge < -0.3 is 9.32 Å². The standard InChI is InChI=1S/C22H21N3O4S/c1-14(15-8-10-16(11-9-15)30(3)28)24(2)19(26)12-25-13-23-20-17-6-4-5-7-18(17)29-21(20)22(25)27/h4-11,13-14H,12H2,1-3H3/t14-,30-/m0/s1. The Hall–Kier alpha value is -3.26. The Balaban J connectivity index is 1.57. The maximum atomic E-state index is 12.8. The molecular formula is C22H21N3O4S. The summed E-state index contributed by atoms with van der Waals surface area (Å²) in [5.41, 5.74) is 1.75. The van der Waals surface area contributed by atoms with E-state index in [1.54, 1.807) is 36.4 Å². The molecule has 0 radical (unpaired) electrons. The van der Waals surface area contributed by atoms with Crippen molar-refractivity contribution >= 4 is 38.8 Å². The van der Waals surface area contributed by atoms with Crippen molar-refractivity contribution < 1.29 is 13.4 Å². The monoisotopic (exact) mass is 423 g/mol. The van der Waals surface area contributed by atoms with Crippen LogP contribution >= 0.6 is 0 Å². The molecule has 0 fully saturated rings. The highest BCUT2D eigenvalue weighted by atomic mass is 32.2. The normalized spacial score (nSPS) is 13.4. The van der Waals surface area contributed by atoms with Gasteiger partial charge in [0.25, 0.3) is 5.56 Å². The van der Waals surface area contributed by atoms with E-state index in [4.69, 9.17) is 4.42 Å². The van der Waals surface area contributed by atoms with Crippen LogP contribution in [0, 0.1) is 0 Å². The maximum Gasteiger partial charge on any atom is 0.297 e. The Morgan fingerprint density at radius 2 is 1.90 bits per heavy atom. The van der Waals surface area contributed by atoms with E-state index in [1.165, 1.54) is 10.9 Å². The van der Waals surface area contributed by atoms with Gasteiger partial charge in [-0.2, -0.15) is 0 Å². The third-order valence-corrected chi connectivity index (χ3v) is 6.26. The molecule has 0 saturated carbocycles. The predicted molar refractivity (Wildman–Crippen MR) is 116 cm³/mol. The maximum absolute atomic E-state index is 12.8. The lowest BCUT2D eigenvalue weighted by Crippen LogP contribution is -2.35. The Bertz CT molecular complexity index is 1320. The highest BCUT2D eigenvalue weighted by molar-refractivity contribution is 7.84. The van der Waals surface area contributed by atoms with Crippen molar-refractivity contribution in [2.24, 2.45) is 0 Å². The molecule has 4 aromatic rings. The highest BCUT2D eigenvalue weighted by Crippen LogP contribution is 2.24. The van der Waals surface area contributed by atoms with E-state index in [0.29, 0.717) is 11.1 Å². The fourth-order valence-electron chi connectivity index (χ4n) is 3.36. The molecule has 2 aromatic heterocycles. The fourth-order valence-corrected chi connectivity index (χ4v) is 3.88. The van der Waals surface area contributed by atoms with Crippen molar-refractivity contribution in [1.29, 1.82) is 0 Å². The zero-order chi connectivity index (χ0) is 21.4. The average Bonchev–Trinajstić information content (AvgIpc) is 3.14. The number of aromatic nitrogens is 2. The molecule has 1 amide bonds. The fraction of sp³-hybridized carbons (Fsp3) is 0.227. The van der Waals surface area contributed by atoms with Crippen LogP contribution in [0.15, 0.2) is 69.0 Å². The first-order valence-corrected chi connectivity index (χ1v) is 11.0. The molecular weight excluding hydrogens is 402 g/mol. The van der Waals surface area contributed by atoms with Crippen LogP contribution in [-0.4, -0.2) is 37.9 Å². The number of likely N-dealkylation sites (N-methyl/N-ethyl adjacent to an activating group) is 1. The van der Waals surface area contributed by atoms with E-state index in [1.807, 2.05) is 37.3 Å². The second-order valence-corrected chi connectivity index (χ2v) is 8.54. The number of amides is 1. The summed E-state index contributed by atoms with van der Waals surface area (Å²) in [6, 6.07) is 14.4. The second-order valence-electron chi connectivity index (χ2n) is 7.16. The molecule has 0 bridgehead atoms. The molecule has 4 rings (SSSR count). The van der Waals surface area contributed by atoms with E-state index in [-0.39, 0.29) is 29.6 Å². The lowest BCUT2D eigenvalue weighted by atomic mass is 10.1. The molecule has 0 aliphatic carbocycles.